The Bertz CT molecular complexity index is 928. The maximum absolute atomic E-state index is 5.83. The molecule has 138 valence electrons. The molecule has 4 aromatic rings. The van der Waals surface area contributed by atoms with Gasteiger partial charge in [-0.1, -0.05) is 18.2 Å². The molecule has 0 unspecified atom stereocenters. The molecule has 3 heterocycles. The Morgan fingerprint density at radius 1 is 1.15 bits per heavy atom. The summed E-state index contributed by atoms with van der Waals surface area (Å²) in [5, 5.41) is 2.06. The molecule has 27 heavy (non-hydrogen) atoms. The van der Waals surface area contributed by atoms with Gasteiger partial charge in [-0.25, -0.2) is 9.97 Å². The van der Waals surface area contributed by atoms with Gasteiger partial charge >= 0.3 is 0 Å². The number of nitrogens with zero attached hydrogens (tertiary/aromatic N) is 3. The van der Waals surface area contributed by atoms with Crippen LogP contribution in [-0.2, 0) is 26.0 Å². The first-order chi connectivity index (χ1) is 13.3. The van der Waals surface area contributed by atoms with Crippen molar-refractivity contribution in [3.05, 3.63) is 88.8 Å². The van der Waals surface area contributed by atoms with Crippen LogP contribution in [0.25, 0.3) is 0 Å². The molecule has 0 fully saturated rings. The Hall–Kier alpha value is -2.86. The molecule has 0 bridgehead atoms. The average Bonchev–Trinajstić information content (AvgIpc) is 3.45. The van der Waals surface area contributed by atoms with Crippen LogP contribution in [-0.4, -0.2) is 14.5 Å². The van der Waals surface area contributed by atoms with E-state index < -0.39 is 0 Å². The topological polar surface area (TPSA) is 53.1 Å². The molecule has 0 aliphatic rings. The van der Waals surface area contributed by atoms with Crippen LogP contribution in [0.15, 0.2) is 71.2 Å². The highest BCUT2D eigenvalue weighted by molar-refractivity contribution is 7.09. The maximum Gasteiger partial charge on any atom is 0.199 e. The second-order valence-electron chi connectivity index (χ2n) is 6.33. The molecule has 0 aliphatic carbocycles. The molecule has 0 radical (unpaired) electrons. The Morgan fingerprint density at radius 3 is 2.85 bits per heavy atom. The van der Waals surface area contributed by atoms with Crippen LogP contribution in [0.1, 0.15) is 28.4 Å². The van der Waals surface area contributed by atoms with Crippen LogP contribution in [0.4, 0.5) is 0 Å². The number of rotatable bonds is 9. The molecule has 0 N–H and O–H groups in total. The Labute approximate surface area is 162 Å². The molecular weight excluding hydrogens is 358 g/mol. The predicted molar refractivity (Wildman–Crippen MR) is 105 cm³/mol. The minimum absolute atomic E-state index is 0.411. The molecule has 0 aliphatic heterocycles. The highest BCUT2D eigenvalue weighted by Crippen LogP contribution is 2.17. The van der Waals surface area contributed by atoms with E-state index in [0.717, 1.165) is 43.1 Å². The fourth-order valence-corrected chi connectivity index (χ4v) is 3.55. The van der Waals surface area contributed by atoms with Gasteiger partial charge in [0.05, 0.1) is 12.7 Å². The van der Waals surface area contributed by atoms with Crippen molar-refractivity contribution in [3.8, 4) is 5.75 Å². The third-order valence-electron chi connectivity index (χ3n) is 4.26. The van der Waals surface area contributed by atoms with Gasteiger partial charge in [-0.3, -0.25) is 0 Å². The number of benzene rings is 1. The van der Waals surface area contributed by atoms with E-state index in [4.69, 9.17) is 9.15 Å². The van der Waals surface area contributed by atoms with Crippen molar-refractivity contribution >= 4 is 11.3 Å². The number of aromatic nitrogens is 3. The van der Waals surface area contributed by atoms with Gasteiger partial charge in [0, 0.05) is 23.8 Å². The lowest BCUT2D eigenvalue weighted by Gasteiger charge is -2.06. The predicted octanol–water partition coefficient (Wildman–Crippen LogP) is 4.74. The van der Waals surface area contributed by atoms with Crippen LogP contribution >= 0.6 is 11.3 Å². The summed E-state index contributed by atoms with van der Waals surface area (Å²) in [6.07, 6.45) is 10.2. The number of imidazole rings is 1. The molecule has 0 saturated heterocycles. The summed E-state index contributed by atoms with van der Waals surface area (Å²) < 4.78 is 13.5. The van der Waals surface area contributed by atoms with Crippen LogP contribution < -0.4 is 4.74 Å². The van der Waals surface area contributed by atoms with Crippen molar-refractivity contribution in [3.63, 3.8) is 0 Å². The van der Waals surface area contributed by atoms with E-state index in [1.54, 1.807) is 17.6 Å². The summed E-state index contributed by atoms with van der Waals surface area (Å²) in [5.41, 5.74) is 2.12. The van der Waals surface area contributed by atoms with Gasteiger partial charge in [0.1, 0.15) is 24.3 Å². The lowest BCUT2D eigenvalue weighted by atomic mass is 10.1. The zero-order chi connectivity index (χ0) is 18.3. The first kappa shape index (κ1) is 17.5. The molecular formula is C21H21N3O2S. The maximum atomic E-state index is 5.83. The van der Waals surface area contributed by atoms with Crippen molar-refractivity contribution in [1.82, 2.24) is 14.5 Å². The minimum atomic E-state index is 0.411. The highest BCUT2D eigenvalue weighted by Gasteiger charge is 2.07. The average molecular weight is 379 g/mol. The van der Waals surface area contributed by atoms with Gasteiger partial charge in [0.2, 0.25) is 0 Å². The Balaban J connectivity index is 1.23. The number of thiophene rings is 1. The standard InChI is InChI=1S/C21H21N3O2S/c1(10-24-11-9-22-16-24)3-17-5-7-19(8-6-17)25-14-18-15-26-21(23-18)13-20-4-2-12-27-20/h2,4-9,11-12,15-16H,1,3,10,13-14H2. The van der Waals surface area contributed by atoms with E-state index >= 15 is 0 Å². The zero-order valence-corrected chi connectivity index (χ0v) is 15.8. The van der Waals surface area contributed by atoms with Gasteiger partial charge in [-0.05, 0) is 42.0 Å². The molecule has 0 saturated carbocycles. The van der Waals surface area contributed by atoms with Crippen LogP contribution in [0, 0.1) is 0 Å². The van der Waals surface area contributed by atoms with Gasteiger partial charge < -0.3 is 13.7 Å². The largest absolute Gasteiger partial charge is 0.487 e. The summed E-state index contributed by atoms with van der Waals surface area (Å²) in [4.78, 5) is 9.79. The molecule has 0 spiro atoms. The van der Waals surface area contributed by atoms with Gasteiger partial charge in [-0.15, -0.1) is 11.3 Å². The van der Waals surface area contributed by atoms with E-state index in [0.29, 0.717) is 6.61 Å². The fourth-order valence-electron chi connectivity index (χ4n) is 2.85. The van der Waals surface area contributed by atoms with Crippen LogP contribution in [0.2, 0.25) is 0 Å². The summed E-state index contributed by atoms with van der Waals surface area (Å²) in [6, 6.07) is 12.4. The molecule has 6 heteroatoms. The van der Waals surface area contributed by atoms with E-state index in [9.17, 15) is 0 Å². The molecule has 5 nitrogen and oxygen atoms in total. The Morgan fingerprint density at radius 2 is 2.07 bits per heavy atom. The van der Waals surface area contributed by atoms with Crippen LogP contribution in [0.5, 0.6) is 5.75 Å². The monoisotopic (exact) mass is 379 g/mol. The van der Waals surface area contributed by atoms with Crippen molar-refractivity contribution in [2.75, 3.05) is 0 Å². The van der Waals surface area contributed by atoms with E-state index in [2.05, 4.69) is 38.1 Å². The lowest BCUT2D eigenvalue weighted by molar-refractivity contribution is 0.301. The summed E-state index contributed by atoms with van der Waals surface area (Å²) in [6.45, 7) is 1.39. The van der Waals surface area contributed by atoms with E-state index in [1.807, 2.05) is 36.9 Å². The lowest BCUT2D eigenvalue weighted by Crippen LogP contribution is -1.98. The van der Waals surface area contributed by atoms with Crippen molar-refractivity contribution in [2.24, 2.45) is 0 Å². The number of hydrogen-bond acceptors (Lipinski definition) is 5. The quantitative estimate of drug-likeness (QED) is 0.422. The SMILES string of the molecule is c1csc(Cc2nc(COc3ccc(CCCn4ccnc4)cc3)co2)c1. The second kappa shape index (κ2) is 8.68. The van der Waals surface area contributed by atoms with Crippen molar-refractivity contribution in [2.45, 2.75) is 32.4 Å². The van der Waals surface area contributed by atoms with Crippen molar-refractivity contribution in [1.29, 1.82) is 0 Å². The number of ether oxygens (including phenoxy) is 1. The van der Waals surface area contributed by atoms with Gasteiger partial charge in [0.25, 0.3) is 0 Å². The third kappa shape index (κ3) is 5.08. The minimum Gasteiger partial charge on any atom is -0.487 e. The number of oxazole rings is 1. The first-order valence-electron chi connectivity index (χ1n) is 8.98. The van der Waals surface area contributed by atoms with Gasteiger partial charge in [0.15, 0.2) is 5.89 Å². The normalized spacial score (nSPS) is 11.0. The summed E-state index contributed by atoms with van der Waals surface area (Å²) >= 11 is 1.71. The van der Waals surface area contributed by atoms with E-state index in [-0.39, 0.29) is 0 Å². The molecule has 1 aromatic carbocycles. The fraction of sp³-hybridized carbons (Fsp3) is 0.238. The zero-order valence-electron chi connectivity index (χ0n) is 15.0. The molecule has 0 amide bonds. The highest BCUT2D eigenvalue weighted by atomic mass is 32.1. The number of aryl methyl sites for hydroxylation is 2. The summed E-state index contributed by atoms with van der Waals surface area (Å²) in [7, 11) is 0. The third-order valence-corrected chi connectivity index (χ3v) is 5.13. The number of hydrogen-bond donors (Lipinski definition) is 0. The molecule has 3 aromatic heterocycles. The smallest absolute Gasteiger partial charge is 0.199 e. The van der Waals surface area contributed by atoms with Gasteiger partial charge in [-0.2, -0.15) is 0 Å². The molecule has 0 atom stereocenters. The summed E-state index contributed by atoms with van der Waals surface area (Å²) in [5.74, 6) is 1.57. The Kier molecular flexibility index (Phi) is 5.64. The van der Waals surface area contributed by atoms with Crippen molar-refractivity contribution < 1.29 is 9.15 Å². The molecule has 4 rings (SSSR count). The van der Waals surface area contributed by atoms with E-state index in [1.165, 1.54) is 10.4 Å². The first-order valence-corrected chi connectivity index (χ1v) is 9.86. The van der Waals surface area contributed by atoms with Crippen LogP contribution in [0.3, 0.4) is 0 Å². The second-order valence-corrected chi connectivity index (χ2v) is 7.36.